The van der Waals surface area contributed by atoms with Gasteiger partial charge in [-0.15, -0.1) is 0 Å². The Balaban J connectivity index is 1.44. The Morgan fingerprint density at radius 2 is 1.39 bits per heavy atom. The molecule has 0 saturated heterocycles. The first-order valence-corrected chi connectivity index (χ1v) is 13.6. The van der Waals surface area contributed by atoms with Crippen LogP contribution in [0.5, 0.6) is 0 Å². The van der Waals surface area contributed by atoms with Crippen LogP contribution in [-0.4, -0.2) is 25.6 Å². The van der Waals surface area contributed by atoms with E-state index in [2.05, 4.69) is 10.3 Å². The van der Waals surface area contributed by atoms with Gasteiger partial charge in [0.15, 0.2) is 0 Å². The first kappa shape index (κ1) is 25.7. The van der Waals surface area contributed by atoms with E-state index in [4.69, 9.17) is 23.2 Å². The maximum atomic E-state index is 12.7. The third-order valence-electron chi connectivity index (χ3n) is 5.50. The molecule has 9 heteroatoms. The number of hydrogen-bond acceptors (Lipinski definition) is 4. The number of aromatic nitrogens is 1. The maximum Gasteiger partial charge on any atom is 0.255 e. The van der Waals surface area contributed by atoms with Crippen molar-refractivity contribution in [2.75, 3.05) is 15.9 Å². The van der Waals surface area contributed by atoms with Crippen molar-refractivity contribution in [1.29, 1.82) is 0 Å². The molecular formula is C27H23Cl2N3O3S. The lowest BCUT2D eigenvalue weighted by atomic mass is 10.1. The number of halogens is 2. The third kappa shape index (κ3) is 6.43. The van der Waals surface area contributed by atoms with E-state index in [1.54, 1.807) is 54.9 Å². The highest BCUT2D eigenvalue weighted by atomic mass is 35.5. The second-order valence-electron chi connectivity index (χ2n) is 8.22. The van der Waals surface area contributed by atoms with E-state index in [0.717, 1.165) is 28.1 Å². The number of para-hydroxylation sites is 1. The summed E-state index contributed by atoms with van der Waals surface area (Å²) in [5, 5.41) is 3.35. The molecule has 0 saturated carbocycles. The standard InChI is InChI=1S/C27H23Cl2N3O3S/c1-36(34,35)32(26-24(28)3-2-4-25(26)29)18-21-5-9-22(10-6-21)27(33)31-23-11-7-19(8-12-23)17-20-13-15-30-16-14-20/h2-16H,17-18H2,1H3,(H,31,33). The van der Waals surface area contributed by atoms with E-state index in [9.17, 15) is 13.2 Å². The lowest BCUT2D eigenvalue weighted by Crippen LogP contribution is -2.29. The summed E-state index contributed by atoms with van der Waals surface area (Å²) in [4.78, 5) is 16.8. The molecule has 3 aromatic carbocycles. The third-order valence-corrected chi connectivity index (χ3v) is 7.22. The Morgan fingerprint density at radius 3 is 1.97 bits per heavy atom. The topological polar surface area (TPSA) is 79.4 Å². The van der Waals surface area contributed by atoms with Crippen LogP contribution in [0.3, 0.4) is 0 Å². The predicted molar refractivity (Wildman–Crippen MR) is 145 cm³/mol. The van der Waals surface area contributed by atoms with Crippen molar-refractivity contribution in [2.45, 2.75) is 13.0 Å². The molecule has 0 aliphatic rings. The number of carbonyl (C=O) groups is 1. The van der Waals surface area contributed by atoms with Crippen molar-refractivity contribution < 1.29 is 13.2 Å². The molecule has 0 spiro atoms. The Morgan fingerprint density at radius 1 is 0.833 bits per heavy atom. The van der Waals surface area contributed by atoms with Crippen LogP contribution in [0.4, 0.5) is 11.4 Å². The van der Waals surface area contributed by atoms with E-state index in [-0.39, 0.29) is 28.2 Å². The van der Waals surface area contributed by atoms with Crippen LogP contribution in [0.1, 0.15) is 27.0 Å². The first-order chi connectivity index (χ1) is 17.2. The Bertz CT molecular complexity index is 1440. The number of nitrogens with one attached hydrogen (secondary N) is 1. The van der Waals surface area contributed by atoms with Crippen LogP contribution in [0.2, 0.25) is 10.0 Å². The number of sulfonamides is 1. The summed E-state index contributed by atoms with van der Waals surface area (Å²) in [5.41, 5.74) is 4.30. The summed E-state index contributed by atoms with van der Waals surface area (Å²) in [7, 11) is -3.67. The quantitative estimate of drug-likeness (QED) is 0.289. The van der Waals surface area contributed by atoms with Gasteiger partial charge in [0.2, 0.25) is 10.0 Å². The molecular weight excluding hydrogens is 517 g/mol. The molecule has 184 valence electrons. The molecule has 1 heterocycles. The second kappa shape index (κ2) is 11.1. The summed E-state index contributed by atoms with van der Waals surface area (Å²) < 4.78 is 26.1. The molecule has 4 rings (SSSR count). The number of pyridine rings is 1. The molecule has 0 atom stereocenters. The fraction of sp³-hybridized carbons (Fsp3) is 0.111. The van der Waals surface area contributed by atoms with Crippen molar-refractivity contribution >= 4 is 50.5 Å². The lowest BCUT2D eigenvalue weighted by Gasteiger charge is -2.24. The van der Waals surface area contributed by atoms with Gasteiger partial charge in [0.1, 0.15) is 0 Å². The highest BCUT2D eigenvalue weighted by Gasteiger charge is 2.23. The van der Waals surface area contributed by atoms with E-state index in [1.807, 2.05) is 36.4 Å². The zero-order valence-electron chi connectivity index (χ0n) is 19.4. The van der Waals surface area contributed by atoms with Crippen LogP contribution < -0.4 is 9.62 Å². The molecule has 0 fully saturated rings. The van der Waals surface area contributed by atoms with Gasteiger partial charge in [-0.2, -0.15) is 0 Å². The molecule has 1 N–H and O–H groups in total. The van der Waals surface area contributed by atoms with Crippen LogP contribution in [-0.2, 0) is 23.0 Å². The molecule has 6 nitrogen and oxygen atoms in total. The number of nitrogens with zero attached hydrogens (tertiary/aromatic N) is 2. The number of hydrogen-bond donors (Lipinski definition) is 1. The SMILES string of the molecule is CS(=O)(=O)N(Cc1ccc(C(=O)Nc2ccc(Cc3ccncc3)cc2)cc1)c1c(Cl)cccc1Cl. The number of amides is 1. The number of anilines is 2. The number of benzene rings is 3. The van der Waals surface area contributed by atoms with Gasteiger partial charge in [0.25, 0.3) is 5.91 Å². The van der Waals surface area contributed by atoms with Crippen molar-refractivity contribution in [3.8, 4) is 0 Å². The molecule has 0 radical (unpaired) electrons. The Labute approximate surface area is 220 Å². The largest absolute Gasteiger partial charge is 0.322 e. The minimum absolute atomic E-state index is 0.0170. The summed E-state index contributed by atoms with van der Waals surface area (Å²) in [6.45, 7) is 0.0170. The molecule has 1 aromatic heterocycles. The van der Waals surface area contributed by atoms with Gasteiger partial charge < -0.3 is 5.32 Å². The predicted octanol–water partition coefficient (Wildman–Crippen LogP) is 6.20. The highest BCUT2D eigenvalue weighted by molar-refractivity contribution is 7.92. The Kier molecular flexibility index (Phi) is 7.94. The second-order valence-corrected chi connectivity index (χ2v) is 10.9. The Hall–Kier alpha value is -3.39. The number of carbonyl (C=O) groups excluding carboxylic acids is 1. The molecule has 1 amide bonds. The monoisotopic (exact) mass is 539 g/mol. The van der Waals surface area contributed by atoms with Gasteiger partial charge in [-0.3, -0.25) is 14.1 Å². The van der Waals surface area contributed by atoms with Gasteiger partial charge >= 0.3 is 0 Å². The molecule has 0 bridgehead atoms. The van der Waals surface area contributed by atoms with Gasteiger partial charge in [0.05, 0.1) is 28.5 Å². The van der Waals surface area contributed by atoms with Gasteiger partial charge in [-0.1, -0.05) is 53.5 Å². The molecule has 36 heavy (non-hydrogen) atoms. The van der Waals surface area contributed by atoms with Crippen molar-refractivity contribution in [3.05, 3.63) is 124 Å². The van der Waals surface area contributed by atoms with Crippen LogP contribution in [0.15, 0.2) is 91.3 Å². The molecule has 4 aromatic rings. The van der Waals surface area contributed by atoms with E-state index < -0.39 is 10.0 Å². The first-order valence-electron chi connectivity index (χ1n) is 11.0. The van der Waals surface area contributed by atoms with Crippen LogP contribution >= 0.6 is 23.2 Å². The fourth-order valence-corrected chi connectivity index (χ4v) is 5.28. The number of rotatable bonds is 8. The van der Waals surface area contributed by atoms with Gasteiger partial charge in [0, 0.05) is 23.6 Å². The molecule has 0 unspecified atom stereocenters. The summed E-state index contributed by atoms with van der Waals surface area (Å²) >= 11 is 12.5. The molecule has 0 aliphatic heterocycles. The van der Waals surface area contributed by atoms with E-state index in [0.29, 0.717) is 16.8 Å². The van der Waals surface area contributed by atoms with Crippen LogP contribution in [0.25, 0.3) is 0 Å². The summed E-state index contributed by atoms with van der Waals surface area (Å²) in [5.74, 6) is -0.266. The minimum atomic E-state index is -3.67. The maximum absolute atomic E-state index is 12.7. The average Bonchev–Trinajstić information content (AvgIpc) is 2.85. The van der Waals surface area contributed by atoms with E-state index >= 15 is 0 Å². The van der Waals surface area contributed by atoms with Gasteiger partial charge in [-0.25, -0.2) is 8.42 Å². The highest BCUT2D eigenvalue weighted by Crippen LogP contribution is 2.36. The van der Waals surface area contributed by atoms with E-state index in [1.165, 1.54) is 0 Å². The normalized spacial score (nSPS) is 11.2. The fourth-order valence-electron chi connectivity index (χ4n) is 3.66. The average molecular weight is 540 g/mol. The summed E-state index contributed by atoms with van der Waals surface area (Å²) in [6, 6.07) is 23.1. The minimum Gasteiger partial charge on any atom is -0.322 e. The van der Waals surface area contributed by atoms with Gasteiger partial charge in [-0.05, 0) is 71.6 Å². The van der Waals surface area contributed by atoms with Crippen molar-refractivity contribution in [3.63, 3.8) is 0 Å². The van der Waals surface area contributed by atoms with Crippen molar-refractivity contribution in [1.82, 2.24) is 4.98 Å². The van der Waals surface area contributed by atoms with Crippen molar-refractivity contribution in [2.24, 2.45) is 0 Å². The zero-order chi connectivity index (χ0) is 25.7. The lowest BCUT2D eigenvalue weighted by molar-refractivity contribution is 0.102. The van der Waals surface area contributed by atoms with Crippen LogP contribution in [0, 0.1) is 0 Å². The smallest absolute Gasteiger partial charge is 0.255 e. The summed E-state index contributed by atoms with van der Waals surface area (Å²) in [6.07, 6.45) is 5.40. The molecule has 0 aliphatic carbocycles. The zero-order valence-corrected chi connectivity index (χ0v) is 21.7.